The maximum Gasteiger partial charge on any atom is 0.278 e. The molecule has 1 amide bonds. The fourth-order valence-electron chi connectivity index (χ4n) is 4.30. The van der Waals surface area contributed by atoms with Gasteiger partial charge in [0.1, 0.15) is 17.0 Å². The summed E-state index contributed by atoms with van der Waals surface area (Å²) in [5.41, 5.74) is 1.87. The van der Waals surface area contributed by atoms with Gasteiger partial charge < -0.3 is 15.0 Å². The smallest absolute Gasteiger partial charge is 0.278 e. The van der Waals surface area contributed by atoms with E-state index in [1.54, 1.807) is 53.4 Å². The van der Waals surface area contributed by atoms with E-state index < -0.39 is 0 Å². The molecule has 0 saturated carbocycles. The molecule has 4 heterocycles. The molecular formula is C24H24Cl3N7O3. The number of nitrogens with one attached hydrogen (secondary N) is 2. The third-order valence-electron chi connectivity index (χ3n) is 6.18. The molecule has 2 N–H and O–H groups in total. The number of carbonyl (C=O) groups excluding carboxylic acids is 1. The molecule has 0 aliphatic carbocycles. The molecule has 0 radical (unpaired) electrons. The SMILES string of the molecule is COc1ccnc(C(=O)N2CCC(n3ncc4nc(NCc5ccc(Cl)c(Cl)c5)[nH]c(=O)c43)CC2)c1.Cl. The molecule has 0 bridgehead atoms. The number of nitrogens with zero attached hydrogens (tertiary/aromatic N) is 5. The summed E-state index contributed by atoms with van der Waals surface area (Å²) in [5, 5.41) is 8.50. The predicted molar refractivity (Wildman–Crippen MR) is 144 cm³/mol. The fourth-order valence-corrected chi connectivity index (χ4v) is 4.62. The van der Waals surface area contributed by atoms with Crippen molar-refractivity contribution < 1.29 is 9.53 Å². The van der Waals surface area contributed by atoms with Gasteiger partial charge in [-0.25, -0.2) is 4.98 Å². The molecule has 1 fully saturated rings. The highest BCUT2D eigenvalue weighted by molar-refractivity contribution is 6.42. The summed E-state index contributed by atoms with van der Waals surface area (Å²) in [6.07, 6.45) is 4.46. The topological polar surface area (TPSA) is 118 Å². The number of hydrogen-bond acceptors (Lipinski definition) is 7. The minimum Gasteiger partial charge on any atom is -0.497 e. The van der Waals surface area contributed by atoms with Gasteiger partial charge in [-0.05, 0) is 36.6 Å². The first-order valence-electron chi connectivity index (χ1n) is 11.4. The number of halogens is 3. The zero-order valence-corrected chi connectivity index (χ0v) is 22.1. The van der Waals surface area contributed by atoms with Gasteiger partial charge in [0, 0.05) is 31.9 Å². The van der Waals surface area contributed by atoms with Gasteiger partial charge in [-0.2, -0.15) is 5.10 Å². The van der Waals surface area contributed by atoms with Crippen LogP contribution in [-0.4, -0.2) is 55.7 Å². The number of benzene rings is 1. The van der Waals surface area contributed by atoms with Crippen LogP contribution >= 0.6 is 35.6 Å². The van der Waals surface area contributed by atoms with E-state index >= 15 is 0 Å². The number of carbonyl (C=O) groups is 1. The standard InChI is InChI=1S/C24H23Cl2N7O3.ClH/c1-36-16-4-7-27-19(11-16)23(35)32-8-5-15(6-9-32)33-21-20(13-29-33)30-24(31-22(21)34)28-12-14-2-3-17(25)18(26)10-14;/h2-4,7,10-11,13,15H,5-6,8-9,12H2,1H3,(H2,28,30,31,34);1H. The highest BCUT2D eigenvalue weighted by Gasteiger charge is 2.27. The van der Waals surface area contributed by atoms with E-state index in [0.29, 0.717) is 70.9 Å². The molecule has 1 aliphatic heterocycles. The number of amides is 1. The largest absolute Gasteiger partial charge is 0.497 e. The normalized spacial score (nSPS) is 13.9. The molecule has 37 heavy (non-hydrogen) atoms. The van der Waals surface area contributed by atoms with Crippen molar-refractivity contribution in [2.24, 2.45) is 0 Å². The lowest BCUT2D eigenvalue weighted by molar-refractivity contribution is 0.0685. The number of pyridine rings is 1. The van der Waals surface area contributed by atoms with Gasteiger partial charge >= 0.3 is 0 Å². The van der Waals surface area contributed by atoms with Crippen molar-refractivity contribution in [2.45, 2.75) is 25.4 Å². The molecule has 0 unspecified atom stereocenters. The van der Waals surface area contributed by atoms with E-state index in [-0.39, 0.29) is 29.9 Å². The second-order valence-corrected chi connectivity index (χ2v) is 9.26. The molecule has 5 rings (SSSR count). The molecule has 1 aliphatic rings. The summed E-state index contributed by atoms with van der Waals surface area (Å²) in [4.78, 5) is 39.0. The third-order valence-corrected chi connectivity index (χ3v) is 6.92. The van der Waals surface area contributed by atoms with Gasteiger partial charge in [0.15, 0.2) is 5.52 Å². The summed E-state index contributed by atoms with van der Waals surface area (Å²) in [5.74, 6) is 0.781. The van der Waals surface area contributed by atoms with Crippen molar-refractivity contribution in [2.75, 3.05) is 25.5 Å². The van der Waals surface area contributed by atoms with E-state index in [1.165, 1.54) is 0 Å². The summed E-state index contributed by atoms with van der Waals surface area (Å²) in [6.45, 7) is 1.46. The number of aromatic nitrogens is 5. The van der Waals surface area contributed by atoms with Crippen LogP contribution in [0.3, 0.4) is 0 Å². The summed E-state index contributed by atoms with van der Waals surface area (Å²) < 4.78 is 6.91. The Labute approximate surface area is 228 Å². The lowest BCUT2D eigenvalue weighted by Crippen LogP contribution is -2.39. The number of fused-ring (bicyclic) bond motifs is 1. The number of hydrogen-bond donors (Lipinski definition) is 2. The van der Waals surface area contributed by atoms with Gasteiger partial charge in [-0.1, -0.05) is 29.3 Å². The van der Waals surface area contributed by atoms with Gasteiger partial charge in [0.2, 0.25) is 5.95 Å². The van der Waals surface area contributed by atoms with E-state index in [2.05, 4.69) is 25.4 Å². The van der Waals surface area contributed by atoms with Crippen molar-refractivity contribution in [3.8, 4) is 5.75 Å². The highest BCUT2D eigenvalue weighted by Crippen LogP contribution is 2.26. The van der Waals surface area contributed by atoms with Gasteiger partial charge in [0.05, 0.1) is 29.4 Å². The number of methoxy groups -OCH3 is 1. The van der Waals surface area contributed by atoms with Gasteiger partial charge in [0.25, 0.3) is 11.5 Å². The van der Waals surface area contributed by atoms with Crippen LogP contribution in [0.25, 0.3) is 11.0 Å². The average molecular weight is 565 g/mol. The van der Waals surface area contributed by atoms with Gasteiger partial charge in [-0.15, -0.1) is 12.4 Å². The molecule has 10 nitrogen and oxygen atoms in total. The Hall–Kier alpha value is -3.34. The number of likely N-dealkylation sites (tertiary alicyclic amines) is 1. The van der Waals surface area contributed by atoms with Crippen LogP contribution in [0.2, 0.25) is 10.0 Å². The number of anilines is 1. The van der Waals surface area contributed by atoms with Crippen LogP contribution in [0.1, 0.15) is 34.9 Å². The summed E-state index contributed by atoms with van der Waals surface area (Å²) in [7, 11) is 1.55. The average Bonchev–Trinajstić information content (AvgIpc) is 3.34. The maximum absolute atomic E-state index is 12.9. The Morgan fingerprint density at radius 1 is 1.19 bits per heavy atom. The van der Waals surface area contributed by atoms with Crippen LogP contribution in [-0.2, 0) is 6.54 Å². The molecule has 3 aromatic heterocycles. The Bertz CT molecular complexity index is 1480. The van der Waals surface area contributed by atoms with Crippen LogP contribution < -0.4 is 15.6 Å². The summed E-state index contributed by atoms with van der Waals surface area (Å²) >= 11 is 12.0. The fraction of sp³-hybridized carbons (Fsp3) is 0.292. The van der Waals surface area contributed by atoms with Crippen LogP contribution in [0.5, 0.6) is 5.75 Å². The van der Waals surface area contributed by atoms with E-state index in [1.807, 2.05) is 6.07 Å². The number of aromatic amines is 1. The molecule has 0 spiro atoms. The molecule has 13 heteroatoms. The Morgan fingerprint density at radius 3 is 2.70 bits per heavy atom. The molecule has 0 atom stereocenters. The lowest BCUT2D eigenvalue weighted by atomic mass is 10.0. The quantitative estimate of drug-likeness (QED) is 0.358. The molecular weight excluding hydrogens is 541 g/mol. The minimum atomic E-state index is -0.284. The predicted octanol–water partition coefficient (Wildman–Crippen LogP) is 4.34. The monoisotopic (exact) mass is 563 g/mol. The zero-order valence-electron chi connectivity index (χ0n) is 19.8. The summed E-state index contributed by atoms with van der Waals surface area (Å²) in [6, 6.07) is 8.63. The Kier molecular flexibility index (Phi) is 8.21. The number of ether oxygens (including phenoxy) is 1. The van der Waals surface area contributed by atoms with Crippen molar-refractivity contribution in [1.82, 2.24) is 29.6 Å². The van der Waals surface area contributed by atoms with Crippen molar-refractivity contribution in [3.63, 3.8) is 0 Å². The van der Waals surface area contributed by atoms with Crippen LogP contribution in [0, 0.1) is 0 Å². The molecule has 4 aromatic rings. The third kappa shape index (κ3) is 5.66. The molecule has 194 valence electrons. The second-order valence-electron chi connectivity index (χ2n) is 8.44. The maximum atomic E-state index is 12.9. The molecule has 1 saturated heterocycles. The highest BCUT2D eigenvalue weighted by atomic mass is 35.5. The van der Waals surface area contributed by atoms with E-state index in [0.717, 1.165) is 5.56 Å². The number of rotatable bonds is 6. The van der Waals surface area contributed by atoms with Crippen molar-refractivity contribution >= 4 is 58.5 Å². The Balaban J connectivity index is 0.00000320. The van der Waals surface area contributed by atoms with Crippen molar-refractivity contribution in [1.29, 1.82) is 0 Å². The van der Waals surface area contributed by atoms with Gasteiger partial charge in [-0.3, -0.25) is 24.2 Å². The van der Waals surface area contributed by atoms with E-state index in [9.17, 15) is 9.59 Å². The van der Waals surface area contributed by atoms with Crippen LogP contribution in [0.15, 0.2) is 47.5 Å². The number of H-pyrrole nitrogens is 1. The second kappa shape index (κ2) is 11.4. The zero-order chi connectivity index (χ0) is 25.2. The Morgan fingerprint density at radius 2 is 1.97 bits per heavy atom. The van der Waals surface area contributed by atoms with E-state index in [4.69, 9.17) is 27.9 Å². The first-order valence-corrected chi connectivity index (χ1v) is 12.1. The first-order chi connectivity index (χ1) is 17.4. The number of piperidine rings is 1. The first kappa shape index (κ1) is 26.7. The minimum absolute atomic E-state index is 0. The molecule has 1 aromatic carbocycles. The lowest BCUT2D eigenvalue weighted by Gasteiger charge is -2.32. The van der Waals surface area contributed by atoms with Crippen LogP contribution in [0.4, 0.5) is 5.95 Å². The van der Waals surface area contributed by atoms with Crippen molar-refractivity contribution in [3.05, 3.63) is 74.4 Å².